The first-order valence-corrected chi connectivity index (χ1v) is 8.68. The van der Waals surface area contributed by atoms with E-state index < -0.39 is 0 Å². The van der Waals surface area contributed by atoms with E-state index in [4.69, 9.17) is 16.3 Å². The molecule has 1 aromatic carbocycles. The highest BCUT2D eigenvalue weighted by Gasteiger charge is 2.23. The Morgan fingerprint density at radius 2 is 1.96 bits per heavy atom. The number of halogens is 1. The Labute approximate surface area is 142 Å². The van der Waals surface area contributed by atoms with Crippen molar-refractivity contribution >= 4 is 17.5 Å². The van der Waals surface area contributed by atoms with Crippen LogP contribution in [-0.4, -0.2) is 68.1 Å². The zero-order chi connectivity index (χ0) is 16.1. The number of nitrogens with one attached hydrogen (secondary N) is 1. The van der Waals surface area contributed by atoms with Gasteiger partial charge in [-0.3, -0.25) is 9.69 Å². The van der Waals surface area contributed by atoms with E-state index >= 15 is 0 Å². The third-order valence-electron chi connectivity index (χ3n) is 4.50. The summed E-state index contributed by atoms with van der Waals surface area (Å²) in [5, 5.41) is 4.01. The lowest BCUT2D eigenvalue weighted by Crippen LogP contribution is -2.47. The number of carbonyl (C=O) groups is 1. The summed E-state index contributed by atoms with van der Waals surface area (Å²) in [6.07, 6.45) is 0.656. The van der Waals surface area contributed by atoms with Crippen LogP contribution in [0.4, 0.5) is 0 Å². The summed E-state index contributed by atoms with van der Waals surface area (Å²) in [5.74, 6) is 0.265. The van der Waals surface area contributed by atoms with Crippen LogP contribution < -0.4 is 5.32 Å². The van der Waals surface area contributed by atoms with Gasteiger partial charge in [0, 0.05) is 57.3 Å². The van der Waals surface area contributed by atoms with Crippen molar-refractivity contribution in [1.82, 2.24) is 15.1 Å². The molecule has 3 rings (SSSR count). The number of piperazine rings is 1. The average Bonchev–Trinajstić information content (AvgIpc) is 2.61. The van der Waals surface area contributed by atoms with E-state index in [2.05, 4.69) is 10.2 Å². The molecule has 126 valence electrons. The van der Waals surface area contributed by atoms with Gasteiger partial charge in [0.25, 0.3) is 0 Å². The van der Waals surface area contributed by atoms with Crippen molar-refractivity contribution in [2.75, 3.05) is 52.4 Å². The quantitative estimate of drug-likeness (QED) is 0.905. The molecule has 1 amide bonds. The minimum Gasteiger partial charge on any atom is -0.371 e. The highest BCUT2D eigenvalue weighted by molar-refractivity contribution is 6.30. The second-order valence-corrected chi connectivity index (χ2v) is 6.53. The lowest BCUT2D eigenvalue weighted by molar-refractivity contribution is -0.132. The zero-order valence-electron chi connectivity index (χ0n) is 13.3. The fraction of sp³-hybridized carbons (Fsp3) is 0.588. The molecule has 0 radical (unpaired) electrons. The highest BCUT2D eigenvalue weighted by atomic mass is 35.5. The topological polar surface area (TPSA) is 44.8 Å². The van der Waals surface area contributed by atoms with E-state index in [0.29, 0.717) is 13.0 Å². The SMILES string of the molecule is O=C(CCN1CCOC(c2ccc(Cl)cc2)C1)N1CCNCC1. The molecule has 1 N–H and O–H groups in total. The molecule has 23 heavy (non-hydrogen) atoms. The molecule has 0 aromatic heterocycles. The average molecular weight is 338 g/mol. The summed E-state index contributed by atoms with van der Waals surface area (Å²) >= 11 is 5.94. The van der Waals surface area contributed by atoms with Gasteiger partial charge in [-0.05, 0) is 17.7 Å². The van der Waals surface area contributed by atoms with Crippen LogP contribution in [0.25, 0.3) is 0 Å². The first-order chi connectivity index (χ1) is 11.2. The monoisotopic (exact) mass is 337 g/mol. The second-order valence-electron chi connectivity index (χ2n) is 6.09. The molecule has 5 nitrogen and oxygen atoms in total. The summed E-state index contributed by atoms with van der Waals surface area (Å²) in [6, 6.07) is 7.82. The summed E-state index contributed by atoms with van der Waals surface area (Å²) in [5.41, 5.74) is 1.15. The number of benzene rings is 1. The van der Waals surface area contributed by atoms with Crippen molar-refractivity contribution < 1.29 is 9.53 Å². The highest BCUT2D eigenvalue weighted by Crippen LogP contribution is 2.23. The fourth-order valence-electron chi connectivity index (χ4n) is 3.11. The molecule has 2 aliphatic rings. The minimum atomic E-state index is 0.0651. The third-order valence-corrected chi connectivity index (χ3v) is 4.76. The van der Waals surface area contributed by atoms with Crippen molar-refractivity contribution in [1.29, 1.82) is 0 Å². The van der Waals surface area contributed by atoms with Gasteiger partial charge in [-0.15, -0.1) is 0 Å². The van der Waals surface area contributed by atoms with Crippen molar-refractivity contribution in [2.24, 2.45) is 0 Å². The van der Waals surface area contributed by atoms with E-state index in [-0.39, 0.29) is 12.0 Å². The normalized spacial score (nSPS) is 23.0. The van der Waals surface area contributed by atoms with Crippen LogP contribution in [-0.2, 0) is 9.53 Å². The molecule has 0 spiro atoms. The van der Waals surface area contributed by atoms with Gasteiger partial charge in [-0.1, -0.05) is 23.7 Å². The molecule has 2 heterocycles. The maximum absolute atomic E-state index is 12.3. The van der Waals surface area contributed by atoms with Gasteiger partial charge < -0.3 is 15.0 Å². The molecule has 2 saturated heterocycles. The standard InChI is InChI=1S/C17H24ClN3O2/c18-15-3-1-14(2-4-15)16-13-20(11-12-23-16)8-5-17(22)21-9-6-19-7-10-21/h1-4,16,19H,5-13H2. The van der Waals surface area contributed by atoms with Crippen LogP contribution in [0.1, 0.15) is 18.1 Å². The molecule has 6 heteroatoms. The molecular formula is C17H24ClN3O2. The number of rotatable bonds is 4. The largest absolute Gasteiger partial charge is 0.371 e. The first-order valence-electron chi connectivity index (χ1n) is 8.30. The van der Waals surface area contributed by atoms with Gasteiger partial charge in [0.15, 0.2) is 0 Å². The fourth-order valence-corrected chi connectivity index (χ4v) is 3.24. The van der Waals surface area contributed by atoms with E-state index in [1.54, 1.807) is 0 Å². The predicted molar refractivity (Wildman–Crippen MR) is 90.7 cm³/mol. The predicted octanol–water partition coefficient (Wildman–Crippen LogP) is 1.54. The number of hydrogen-bond acceptors (Lipinski definition) is 4. The third kappa shape index (κ3) is 4.67. The summed E-state index contributed by atoms with van der Waals surface area (Å²) < 4.78 is 5.87. The van der Waals surface area contributed by atoms with E-state index in [1.165, 1.54) is 0 Å². The van der Waals surface area contributed by atoms with Gasteiger partial charge in [0.05, 0.1) is 12.7 Å². The molecule has 2 fully saturated rings. The van der Waals surface area contributed by atoms with E-state index in [0.717, 1.165) is 56.4 Å². The number of carbonyl (C=O) groups excluding carboxylic acids is 1. The van der Waals surface area contributed by atoms with Crippen LogP contribution in [0.15, 0.2) is 24.3 Å². The lowest BCUT2D eigenvalue weighted by atomic mass is 10.1. The van der Waals surface area contributed by atoms with Crippen LogP contribution in [0.5, 0.6) is 0 Å². The number of ether oxygens (including phenoxy) is 1. The number of amides is 1. The Morgan fingerprint density at radius 1 is 1.22 bits per heavy atom. The van der Waals surface area contributed by atoms with Crippen molar-refractivity contribution in [3.8, 4) is 0 Å². The molecule has 0 saturated carbocycles. The molecule has 2 aliphatic heterocycles. The zero-order valence-corrected chi connectivity index (χ0v) is 14.1. The molecule has 1 aromatic rings. The van der Waals surface area contributed by atoms with Crippen LogP contribution >= 0.6 is 11.6 Å². The maximum Gasteiger partial charge on any atom is 0.223 e. The molecule has 1 unspecified atom stereocenters. The van der Waals surface area contributed by atoms with Crippen LogP contribution in [0.2, 0.25) is 5.02 Å². The van der Waals surface area contributed by atoms with Crippen LogP contribution in [0, 0.1) is 0 Å². The molecule has 0 bridgehead atoms. The first kappa shape index (κ1) is 16.7. The Morgan fingerprint density at radius 3 is 2.70 bits per heavy atom. The maximum atomic E-state index is 12.3. The smallest absolute Gasteiger partial charge is 0.223 e. The van der Waals surface area contributed by atoms with Crippen molar-refractivity contribution in [2.45, 2.75) is 12.5 Å². The van der Waals surface area contributed by atoms with Crippen molar-refractivity contribution in [3.63, 3.8) is 0 Å². The summed E-state index contributed by atoms with van der Waals surface area (Å²) in [4.78, 5) is 16.5. The molecule has 1 atom stereocenters. The van der Waals surface area contributed by atoms with Crippen molar-refractivity contribution in [3.05, 3.63) is 34.9 Å². The van der Waals surface area contributed by atoms with E-state index in [1.807, 2.05) is 29.2 Å². The van der Waals surface area contributed by atoms with Crippen LogP contribution in [0.3, 0.4) is 0 Å². The molecule has 0 aliphatic carbocycles. The Hall–Kier alpha value is -1.14. The Balaban J connectivity index is 1.48. The number of morpholine rings is 1. The summed E-state index contributed by atoms with van der Waals surface area (Å²) in [6.45, 7) is 6.69. The number of hydrogen-bond donors (Lipinski definition) is 1. The second kappa shape index (κ2) is 8.11. The van der Waals surface area contributed by atoms with Gasteiger partial charge >= 0.3 is 0 Å². The minimum absolute atomic E-state index is 0.0651. The van der Waals surface area contributed by atoms with Gasteiger partial charge in [-0.25, -0.2) is 0 Å². The van der Waals surface area contributed by atoms with Gasteiger partial charge in [0.1, 0.15) is 0 Å². The lowest BCUT2D eigenvalue weighted by Gasteiger charge is -2.34. The molecular weight excluding hydrogens is 314 g/mol. The Kier molecular flexibility index (Phi) is 5.89. The van der Waals surface area contributed by atoms with E-state index in [9.17, 15) is 4.79 Å². The van der Waals surface area contributed by atoms with Gasteiger partial charge in [-0.2, -0.15) is 0 Å². The number of nitrogens with zero attached hydrogens (tertiary/aromatic N) is 2. The Bertz CT molecular complexity index is 517. The van der Waals surface area contributed by atoms with Gasteiger partial charge in [0.2, 0.25) is 5.91 Å². The summed E-state index contributed by atoms with van der Waals surface area (Å²) in [7, 11) is 0.